The highest BCUT2D eigenvalue weighted by molar-refractivity contribution is 6.31. The molecule has 0 atom stereocenters. The van der Waals surface area contributed by atoms with Crippen LogP contribution in [0.15, 0.2) is 53.6 Å². The highest BCUT2D eigenvalue weighted by atomic mass is 35.5. The van der Waals surface area contributed by atoms with E-state index < -0.39 is 11.6 Å². The largest absolute Gasteiger partial charge is 0.307 e. The van der Waals surface area contributed by atoms with Crippen molar-refractivity contribution in [3.05, 3.63) is 98.2 Å². The third-order valence-electron chi connectivity index (χ3n) is 4.49. The summed E-state index contributed by atoms with van der Waals surface area (Å²) in [5, 5.41) is 0.184. The Morgan fingerprint density at radius 2 is 1.89 bits per heavy atom. The molecule has 2 aromatic heterocycles. The van der Waals surface area contributed by atoms with Crippen LogP contribution in [-0.2, 0) is 19.4 Å². The van der Waals surface area contributed by atoms with Crippen molar-refractivity contribution in [3.63, 3.8) is 0 Å². The van der Waals surface area contributed by atoms with Crippen LogP contribution in [-0.4, -0.2) is 9.55 Å². The van der Waals surface area contributed by atoms with Gasteiger partial charge in [0.15, 0.2) is 0 Å². The van der Waals surface area contributed by atoms with Gasteiger partial charge in [0, 0.05) is 24.2 Å². The molecule has 0 spiro atoms. The second-order valence-electron chi connectivity index (χ2n) is 6.47. The number of rotatable bonds is 6. The maximum atomic E-state index is 13.7. The topological polar surface area (TPSA) is 34.9 Å². The number of hydrogen-bond donors (Lipinski definition) is 0. The molecule has 3 rings (SSSR count). The quantitative estimate of drug-likeness (QED) is 0.613. The molecule has 0 unspecified atom stereocenters. The Balaban J connectivity index is 1.74. The van der Waals surface area contributed by atoms with E-state index in [9.17, 15) is 13.6 Å². The van der Waals surface area contributed by atoms with Gasteiger partial charge in [-0.05, 0) is 61.1 Å². The van der Waals surface area contributed by atoms with Crippen LogP contribution in [0.5, 0.6) is 0 Å². The summed E-state index contributed by atoms with van der Waals surface area (Å²) in [6, 6.07) is 9.18. The van der Waals surface area contributed by atoms with Crippen molar-refractivity contribution < 1.29 is 8.78 Å². The lowest BCUT2D eigenvalue weighted by atomic mass is 10.0. The monoisotopic (exact) mass is 388 g/mol. The Morgan fingerprint density at radius 1 is 1.11 bits per heavy atom. The van der Waals surface area contributed by atoms with E-state index in [-0.39, 0.29) is 10.6 Å². The smallest absolute Gasteiger partial charge is 0.270 e. The van der Waals surface area contributed by atoms with Gasteiger partial charge in [-0.1, -0.05) is 23.7 Å². The average Bonchev–Trinajstić information content (AvgIpc) is 2.65. The Hall–Kier alpha value is -2.53. The molecule has 3 nitrogen and oxygen atoms in total. The molecular formula is C21H19ClF2N2O. The second-order valence-corrected chi connectivity index (χ2v) is 6.84. The maximum Gasteiger partial charge on any atom is 0.270 e. The van der Waals surface area contributed by atoms with Crippen LogP contribution in [0.1, 0.15) is 28.8 Å². The molecular weight excluding hydrogens is 370 g/mol. The van der Waals surface area contributed by atoms with Crippen LogP contribution in [0.4, 0.5) is 8.78 Å². The molecule has 0 bridgehead atoms. The van der Waals surface area contributed by atoms with E-state index in [4.69, 9.17) is 11.6 Å². The van der Waals surface area contributed by atoms with E-state index in [1.165, 1.54) is 12.1 Å². The minimum Gasteiger partial charge on any atom is -0.307 e. The minimum atomic E-state index is -0.591. The van der Waals surface area contributed by atoms with Crippen molar-refractivity contribution in [3.8, 4) is 0 Å². The van der Waals surface area contributed by atoms with Crippen LogP contribution in [0.25, 0.3) is 0 Å². The number of aromatic nitrogens is 2. The van der Waals surface area contributed by atoms with E-state index in [0.29, 0.717) is 31.4 Å². The zero-order chi connectivity index (χ0) is 19.4. The molecule has 2 heterocycles. The molecule has 27 heavy (non-hydrogen) atoms. The first-order valence-electron chi connectivity index (χ1n) is 8.67. The minimum absolute atomic E-state index is 0.184. The SMILES string of the molecule is Cc1cc(CCCc2ccc(F)cc2F)c(Cl)c(=O)n1Cc1cccnc1. The molecule has 0 fully saturated rings. The van der Waals surface area contributed by atoms with Crippen LogP contribution >= 0.6 is 11.6 Å². The van der Waals surface area contributed by atoms with Crippen LogP contribution in [0.3, 0.4) is 0 Å². The normalized spacial score (nSPS) is 11.0. The summed E-state index contributed by atoms with van der Waals surface area (Å²) in [5.41, 5.74) is 2.66. The molecule has 0 aliphatic rings. The summed E-state index contributed by atoms with van der Waals surface area (Å²) < 4.78 is 28.3. The summed E-state index contributed by atoms with van der Waals surface area (Å²) in [6.45, 7) is 2.26. The van der Waals surface area contributed by atoms with Crippen molar-refractivity contribution in [2.75, 3.05) is 0 Å². The third-order valence-corrected chi connectivity index (χ3v) is 4.90. The lowest BCUT2D eigenvalue weighted by Gasteiger charge is -2.13. The fourth-order valence-corrected chi connectivity index (χ4v) is 3.31. The molecule has 0 saturated carbocycles. The van der Waals surface area contributed by atoms with E-state index in [2.05, 4.69) is 4.98 Å². The Morgan fingerprint density at radius 3 is 2.59 bits per heavy atom. The Bertz CT molecular complexity index is 1000. The summed E-state index contributed by atoms with van der Waals surface area (Å²) in [5.74, 6) is -1.14. The van der Waals surface area contributed by atoms with E-state index >= 15 is 0 Å². The number of aryl methyl sites for hydroxylation is 3. The zero-order valence-corrected chi connectivity index (χ0v) is 15.6. The molecule has 0 aliphatic heterocycles. The van der Waals surface area contributed by atoms with Crippen molar-refractivity contribution in [2.24, 2.45) is 0 Å². The Kier molecular flexibility index (Phi) is 6.01. The maximum absolute atomic E-state index is 13.7. The molecule has 0 radical (unpaired) electrons. The first kappa shape index (κ1) is 19.2. The predicted molar refractivity (Wildman–Crippen MR) is 102 cm³/mol. The third kappa shape index (κ3) is 4.61. The average molecular weight is 389 g/mol. The Labute approximate surface area is 161 Å². The number of nitrogens with zero attached hydrogens (tertiary/aromatic N) is 2. The summed E-state index contributed by atoms with van der Waals surface area (Å²) >= 11 is 6.30. The van der Waals surface area contributed by atoms with Crippen molar-refractivity contribution in [1.82, 2.24) is 9.55 Å². The molecule has 0 aliphatic carbocycles. The highest BCUT2D eigenvalue weighted by Gasteiger charge is 2.12. The lowest BCUT2D eigenvalue weighted by Crippen LogP contribution is -2.24. The van der Waals surface area contributed by atoms with Gasteiger partial charge in [-0.2, -0.15) is 0 Å². The van der Waals surface area contributed by atoms with Gasteiger partial charge in [-0.3, -0.25) is 9.78 Å². The van der Waals surface area contributed by atoms with E-state index in [0.717, 1.165) is 22.9 Å². The molecule has 0 N–H and O–H groups in total. The van der Waals surface area contributed by atoms with Crippen molar-refractivity contribution in [1.29, 1.82) is 0 Å². The fourth-order valence-electron chi connectivity index (χ4n) is 3.06. The van der Waals surface area contributed by atoms with Gasteiger partial charge in [0.2, 0.25) is 0 Å². The number of hydrogen-bond acceptors (Lipinski definition) is 2. The molecule has 0 amide bonds. The first-order valence-corrected chi connectivity index (χ1v) is 9.05. The van der Waals surface area contributed by atoms with Crippen LogP contribution in [0.2, 0.25) is 5.02 Å². The summed E-state index contributed by atoms with van der Waals surface area (Å²) in [7, 11) is 0. The molecule has 0 saturated heterocycles. The molecule has 6 heteroatoms. The predicted octanol–water partition coefficient (Wildman–Crippen LogP) is 4.71. The van der Waals surface area contributed by atoms with Crippen LogP contribution < -0.4 is 5.56 Å². The van der Waals surface area contributed by atoms with E-state index in [1.807, 2.05) is 25.1 Å². The summed E-state index contributed by atoms with van der Waals surface area (Å²) in [6.07, 6.45) is 4.98. The fraction of sp³-hybridized carbons (Fsp3) is 0.238. The lowest BCUT2D eigenvalue weighted by molar-refractivity contribution is 0.569. The zero-order valence-electron chi connectivity index (χ0n) is 14.9. The molecule has 140 valence electrons. The number of halogens is 3. The van der Waals surface area contributed by atoms with Crippen molar-refractivity contribution in [2.45, 2.75) is 32.7 Å². The summed E-state index contributed by atoms with van der Waals surface area (Å²) in [4.78, 5) is 16.7. The first-order chi connectivity index (χ1) is 13.0. The van der Waals surface area contributed by atoms with Gasteiger partial charge in [-0.25, -0.2) is 8.78 Å². The van der Waals surface area contributed by atoms with E-state index in [1.54, 1.807) is 17.0 Å². The highest BCUT2D eigenvalue weighted by Crippen LogP contribution is 2.18. The molecule has 3 aromatic rings. The van der Waals surface area contributed by atoms with Gasteiger partial charge >= 0.3 is 0 Å². The standard InChI is InChI=1S/C21H19ClF2N2O/c1-14-10-17(6-2-5-16-7-8-18(23)11-19(16)24)20(22)21(27)26(14)13-15-4-3-9-25-12-15/h3-4,7-12H,2,5-6,13H2,1H3. The van der Waals surface area contributed by atoms with Crippen molar-refractivity contribution >= 4 is 11.6 Å². The number of pyridine rings is 2. The second kappa shape index (κ2) is 8.44. The molecule has 1 aromatic carbocycles. The van der Waals surface area contributed by atoms with Gasteiger partial charge < -0.3 is 4.57 Å². The number of benzene rings is 1. The van der Waals surface area contributed by atoms with Crippen LogP contribution in [0, 0.1) is 18.6 Å². The van der Waals surface area contributed by atoms with Gasteiger partial charge in [0.05, 0.1) is 6.54 Å². The van der Waals surface area contributed by atoms with Gasteiger partial charge in [-0.15, -0.1) is 0 Å². The van der Waals surface area contributed by atoms with Gasteiger partial charge in [0.25, 0.3) is 5.56 Å². The van der Waals surface area contributed by atoms with Gasteiger partial charge in [0.1, 0.15) is 16.7 Å².